The summed E-state index contributed by atoms with van der Waals surface area (Å²) >= 11 is 0. The number of piperidine rings is 1. The van der Waals surface area contributed by atoms with Crippen LogP contribution in [-0.4, -0.2) is 47.3 Å². The highest BCUT2D eigenvalue weighted by Gasteiger charge is 2.21. The highest BCUT2D eigenvalue weighted by Crippen LogP contribution is 2.23. The van der Waals surface area contributed by atoms with Crippen molar-refractivity contribution in [2.45, 2.75) is 19.4 Å². The van der Waals surface area contributed by atoms with E-state index in [1.165, 1.54) is 0 Å². The molecule has 3 rings (SSSR count). The second kappa shape index (κ2) is 7.97. The Kier molecular flexibility index (Phi) is 5.48. The van der Waals surface area contributed by atoms with Crippen LogP contribution >= 0.6 is 0 Å². The monoisotopic (exact) mass is 328 g/mol. The van der Waals surface area contributed by atoms with E-state index in [4.69, 9.17) is 4.74 Å². The molecule has 0 radical (unpaired) electrons. The molecule has 1 aromatic heterocycles. The van der Waals surface area contributed by atoms with Crippen molar-refractivity contribution >= 4 is 11.6 Å². The number of rotatable bonds is 6. The minimum atomic E-state index is 0.00465. The summed E-state index contributed by atoms with van der Waals surface area (Å²) < 4.78 is 7.26. The number of likely N-dealkylation sites (tertiary alicyclic amines) is 1. The average Bonchev–Trinajstić information content (AvgIpc) is 3.10. The van der Waals surface area contributed by atoms with E-state index in [1.54, 1.807) is 7.11 Å². The van der Waals surface area contributed by atoms with Crippen LogP contribution in [0.15, 0.2) is 42.7 Å². The normalized spacial score (nSPS) is 16.0. The minimum absolute atomic E-state index is 0.00465. The van der Waals surface area contributed by atoms with Crippen LogP contribution < -0.4 is 10.1 Å². The smallest absolute Gasteiger partial charge is 0.238 e. The van der Waals surface area contributed by atoms with Crippen molar-refractivity contribution in [2.75, 3.05) is 32.1 Å². The molecule has 1 saturated heterocycles. The van der Waals surface area contributed by atoms with Crippen LogP contribution in [0.25, 0.3) is 0 Å². The third-order valence-electron chi connectivity index (χ3n) is 4.46. The summed E-state index contributed by atoms with van der Waals surface area (Å²) in [4.78, 5) is 14.5. The zero-order valence-electron chi connectivity index (χ0n) is 14.0. The van der Waals surface area contributed by atoms with Gasteiger partial charge in [0, 0.05) is 18.9 Å². The number of nitrogens with one attached hydrogen (secondary N) is 1. The van der Waals surface area contributed by atoms with Crippen LogP contribution in [0, 0.1) is 5.92 Å². The van der Waals surface area contributed by atoms with E-state index in [-0.39, 0.29) is 5.91 Å². The van der Waals surface area contributed by atoms with Gasteiger partial charge in [-0.05, 0) is 50.0 Å². The Hall–Kier alpha value is -2.34. The Balaban J connectivity index is 1.44. The zero-order chi connectivity index (χ0) is 16.8. The van der Waals surface area contributed by atoms with Crippen molar-refractivity contribution in [3.8, 4) is 5.75 Å². The zero-order valence-corrected chi connectivity index (χ0v) is 14.0. The van der Waals surface area contributed by atoms with Gasteiger partial charge in [-0.3, -0.25) is 14.4 Å². The largest absolute Gasteiger partial charge is 0.495 e. The first-order valence-electron chi connectivity index (χ1n) is 8.37. The van der Waals surface area contributed by atoms with E-state index in [1.807, 2.05) is 47.4 Å². The summed E-state index contributed by atoms with van der Waals surface area (Å²) in [5.74, 6) is 1.33. The lowest BCUT2D eigenvalue weighted by molar-refractivity contribution is -0.117. The lowest BCUT2D eigenvalue weighted by Gasteiger charge is -2.31. The van der Waals surface area contributed by atoms with Crippen molar-refractivity contribution in [3.63, 3.8) is 0 Å². The first-order valence-corrected chi connectivity index (χ1v) is 8.37. The second-order valence-corrected chi connectivity index (χ2v) is 6.20. The summed E-state index contributed by atoms with van der Waals surface area (Å²) in [5.41, 5.74) is 0.721. The lowest BCUT2D eigenvalue weighted by Crippen LogP contribution is -2.40. The molecule has 128 valence electrons. The molecule has 0 atom stereocenters. The van der Waals surface area contributed by atoms with Crippen molar-refractivity contribution in [1.29, 1.82) is 0 Å². The highest BCUT2D eigenvalue weighted by atomic mass is 16.5. The minimum Gasteiger partial charge on any atom is -0.495 e. The quantitative estimate of drug-likeness (QED) is 0.883. The molecule has 1 aliphatic heterocycles. The molecule has 0 spiro atoms. The average molecular weight is 328 g/mol. The van der Waals surface area contributed by atoms with Crippen LogP contribution in [0.3, 0.4) is 0 Å². The first-order chi connectivity index (χ1) is 11.7. The Morgan fingerprint density at radius 2 is 2.08 bits per heavy atom. The van der Waals surface area contributed by atoms with E-state index >= 15 is 0 Å². The molecule has 1 amide bonds. The number of aromatic nitrogens is 2. The molecule has 24 heavy (non-hydrogen) atoms. The Bertz CT molecular complexity index is 649. The van der Waals surface area contributed by atoms with Gasteiger partial charge in [-0.2, -0.15) is 5.10 Å². The van der Waals surface area contributed by atoms with Crippen molar-refractivity contribution in [3.05, 3.63) is 42.7 Å². The van der Waals surface area contributed by atoms with Gasteiger partial charge in [0.1, 0.15) is 5.75 Å². The molecular weight excluding hydrogens is 304 g/mol. The molecule has 6 nitrogen and oxygen atoms in total. The Labute approximate surface area is 142 Å². The maximum Gasteiger partial charge on any atom is 0.238 e. The number of amides is 1. The second-order valence-electron chi connectivity index (χ2n) is 6.20. The fourth-order valence-corrected chi connectivity index (χ4v) is 3.14. The predicted octanol–water partition coefficient (Wildman–Crippen LogP) is 2.24. The highest BCUT2D eigenvalue weighted by molar-refractivity contribution is 5.93. The number of ether oxygens (including phenoxy) is 1. The number of methoxy groups -OCH3 is 1. The van der Waals surface area contributed by atoms with Gasteiger partial charge in [0.05, 0.1) is 19.3 Å². The fraction of sp³-hybridized carbons (Fsp3) is 0.444. The molecule has 2 heterocycles. The van der Waals surface area contributed by atoms with Crippen molar-refractivity contribution in [1.82, 2.24) is 14.7 Å². The number of para-hydroxylation sites is 2. The number of anilines is 1. The predicted molar refractivity (Wildman–Crippen MR) is 93.0 cm³/mol. The Morgan fingerprint density at radius 1 is 1.29 bits per heavy atom. The molecule has 1 fully saturated rings. The molecule has 0 saturated carbocycles. The van der Waals surface area contributed by atoms with Gasteiger partial charge in [-0.25, -0.2) is 0 Å². The van der Waals surface area contributed by atoms with E-state index in [2.05, 4.69) is 15.3 Å². The van der Waals surface area contributed by atoms with Crippen molar-refractivity contribution < 1.29 is 9.53 Å². The van der Waals surface area contributed by atoms with Crippen LogP contribution in [0.2, 0.25) is 0 Å². The van der Waals surface area contributed by atoms with Gasteiger partial charge in [-0.1, -0.05) is 12.1 Å². The van der Waals surface area contributed by atoms with Gasteiger partial charge >= 0.3 is 0 Å². The third kappa shape index (κ3) is 4.35. The molecular formula is C18H24N4O2. The van der Waals surface area contributed by atoms with Gasteiger partial charge in [0.15, 0.2) is 0 Å². The first kappa shape index (κ1) is 16.5. The standard InChI is InChI=1S/C18H24N4O2/c1-24-17-6-3-2-5-16(17)20-18(23)14-21-11-7-15(8-12-21)13-22-10-4-9-19-22/h2-6,9-10,15H,7-8,11-14H2,1H3,(H,20,23). The van der Waals surface area contributed by atoms with Crippen LogP contribution in [0.4, 0.5) is 5.69 Å². The molecule has 1 aromatic carbocycles. The number of hydrogen-bond acceptors (Lipinski definition) is 4. The molecule has 2 aromatic rings. The summed E-state index contributed by atoms with van der Waals surface area (Å²) in [6.45, 7) is 3.29. The molecule has 6 heteroatoms. The van der Waals surface area contributed by atoms with Gasteiger partial charge in [0.25, 0.3) is 0 Å². The number of hydrogen-bond donors (Lipinski definition) is 1. The van der Waals surface area contributed by atoms with Gasteiger partial charge < -0.3 is 10.1 Å². The lowest BCUT2D eigenvalue weighted by atomic mass is 9.97. The molecule has 0 bridgehead atoms. The maximum atomic E-state index is 12.3. The number of carbonyl (C=O) groups is 1. The fourth-order valence-electron chi connectivity index (χ4n) is 3.14. The van der Waals surface area contributed by atoms with E-state index < -0.39 is 0 Å². The molecule has 0 aliphatic carbocycles. The van der Waals surface area contributed by atoms with Crippen LogP contribution in [-0.2, 0) is 11.3 Å². The van der Waals surface area contributed by atoms with E-state index in [9.17, 15) is 4.79 Å². The SMILES string of the molecule is COc1ccccc1NC(=O)CN1CCC(Cn2cccn2)CC1. The molecule has 1 aliphatic rings. The topological polar surface area (TPSA) is 59.4 Å². The van der Waals surface area contributed by atoms with Crippen LogP contribution in [0.1, 0.15) is 12.8 Å². The summed E-state index contributed by atoms with van der Waals surface area (Å²) in [6, 6.07) is 9.43. The summed E-state index contributed by atoms with van der Waals surface area (Å²) in [6.07, 6.45) is 6.02. The Morgan fingerprint density at radius 3 is 2.79 bits per heavy atom. The third-order valence-corrected chi connectivity index (χ3v) is 4.46. The number of benzene rings is 1. The van der Waals surface area contributed by atoms with Crippen molar-refractivity contribution in [2.24, 2.45) is 5.92 Å². The van der Waals surface area contributed by atoms with E-state index in [0.29, 0.717) is 18.2 Å². The van der Waals surface area contributed by atoms with Gasteiger partial charge in [0.2, 0.25) is 5.91 Å². The summed E-state index contributed by atoms with van der Waals surface area (Å²) in [5, 5.41) is 7.20. The van der Waals surface area contributed by atoms with Crippen LogP contribution in [0.5, 0.6) is 5.75 Å². The summed E-state index contributed by atoms with van der Waals surface area (Å²) in [7, 11) is 1.61. The molecule has 1 N–H and O–H groups in total. The van der Waals surface area contributed by atoms with E-state index in [0.717, 1.165) is 38.2 Å². The number of nitrogens with zero attached hydrogens (tertiary/aromatic N) is 3. The maximum absolute atomic E-state index is 12.3. The molecule has 0 unspecified atom stereocenters. The van der Waals surface area contributed by atoms with Gasteiger partial charge in [-0.15, -0.1) is 0 Å². The number of carbonyl (C=O) groups excluding carboxylic acids is 1.